The van der Waals surface area contributed by atoms with Crippen LogP contribution in [-0.4, -0.2) is 18.7 Å². The fourth-order valence-electron chi connectivity index (χ4n) is 6.71. The van der Waals surface area contributed by atoms with E-state index in [1.165, 1.54) is 43.6 Å². The minimum Gasteiger partial charge on any atom is -0.309 e. The first-order chi connectivity index (χ1) is 21.4. The average molecular weight is 551 g/mol. The summed E-state index contributed by atoms with van der Waals surface area (Å²) in [4.78, 5) is 4.85. The summed E-state index contributed by atoms with van der Waals surface area (Å²) >= 11 is 0. The third-order valence-corrected chi connectivity index (χ3v) is 8.55. The van der Waals surface area contributed by atoms with E-state index in [0.29, 0.717) is 0 Å². The molecule has 0 aliphatic rings. The zero-order valence-corrected chi connectivity index (χ0v) is 23.3. The molecular weight excluding hydrogens is 524 g/mol. The molecule has 0 aliphatic heterocycles. The highest BCUT2D eigenvalue weighted by Gasteiger charge is 2.20. The van der Waals surface area contributed by atoms with Gasteiger partial charge < -0.3 is 9.13 Å². The van der Waals surface area contributed by atoms with E-state index in [9.17, 15) is 0 Å². The van der Waals surface area contributed by atoms with E-state index in [1.54, 1.807) is 0 Å². The first-order valence-electron chi connectivity index (χ1n) is 14.6. The Kier molecular flexibility index (Phi) is 5.16. The van der Waals surface area contributed by atoms with Gasteiger partial charge in [0.25, 0.3) is 0 Å². The summed E-state index contributed by atoms with van der Waals surface area (Å²) in [6, 6.07) is 51.9. The number of nitrogens with zero attached hydrogens (tertiary/aromatic N) is 4. The summed E-state index contributed by atoms with van der Waals surface area (Å²) in [6.45, 7) is 0. The van der Waals surface area contributed by atoms with Gasteiger partial charge in [-0.25, -0.2) is 4.98 Å². The summed E-state index contributed by atoms with van der Waals surface area (Å²) in [5.74, 6) is 0.905. The van der Waals surface area contributed by atoms with E-state index in [2.05, 4.69) is 159 Å². The molecule has 0 amide bonds. The Hall–Kier alpha value is -5.87. The molecule has 0 spiro atoms. The van der Waals surface area contributed by atoms with Crippen molar-refractivity contribution in [2.24, 2.45) is 0 Å². The molecule has 43 heavy (non-hydrogen) atoms. The first kappa shape index (κ1) is 23.8. The van der Waals surface area contributed by atoms with Gasteiger partial charge in [0.1, 0.15) is 5.82 Å². The minimum absolute atomic E-state index is 0.905. The maximum atomic E-state index is 4.85. The van der Waals surface area contributed by atoms with Crippen LogP contribution in [0.25, 0.3) is 72.1 Å². The van der Waals surface area contributed by atoms with Gasteiger partial charge in [-0.2, -0.15) is 0 Å². The highest BCUT2D eigenvalue weighted by atomic mass is 15.1. The Morgan fingerprint density at radius 3 is 1.47 bits per heavy atom. The van der Waals surface area contributed by atoms with E-state index in [1.807, 2.05) is 12.3 Å². The van der Waals surface area contributed by atoms with E-state index in [0.717, 1.165) is 28.5 Å². The standard InChI is InChI=1S/C39H26N4/c1-2-12-27(13-3-1)39-40-24-25-41(39)38-26-28(42-33-18-8-4-14-29(33)30-15-5-9-19-34(30)42)22-23-37(38)43-35-20-10-6-16-31(35)32-17-7-11-21-36(32)43/h1-26H. The van der Waals surface area contributed by atoms with Crippen molar-refractivity contribution in [3.63, 3.8) is 0 Å². The number of benzene rings is 6. The van der Waals surface area contributed by atoms with Gasteiger partial charge in [0.05, 0.1) is 33.4 Å². The molecule has 3 aromatic heterocycles. The number of aromatic nitrogens is 4. The maximum Gasteiger partial charge on any atom is 0.144 e. The van der Waals surface area contributed by atoms with Crippen LogP contribution in [0.5, 0.6) is 0 Å². The van der Waals surface area contributed by atoms with Gasteiger partial charge in [0.15, 0.2) is 0 Å². The number of imidazole rings is 1. The van der Waals surface area contributed by atoms with E-state index in [4.69, 9.17) is 4.98 Å². The van der Waals surface area contributed by atoms with Crippen LogP contribution >= 0.6 is 0 Å². The van der Waals surface area contributed by atoms with Crippen LogP contribution in [0.2, 0.25) is 0 Å². The van der Waals surface area contributed by atoms with Crippen molar-refractivity contribution >= 4 is 43.6 Å². The van der Waals surface area contributed by atoms with Crippen molar-refractivity contribution in [3.8, 4) is 28.5 Å². The Morgan fingerprint density at radius 1 is 0.419 bits per heavy atom. The van der Waals surface area contributed by atoms with Gasteiger partial charge in [-0.15, -0.1) is 0 Å². The Labute approximate surface area is 248 Å². The van der Waals surface area contributed by atoms with Gasteiger partial charge in [-0.05, 0) is 42.5 Å². The molecule has 6 aromatic carbocycles. The maximum absolute atomic E-state index is 4.85. The summed E-state index contributed by atoms with van der Waals surface area (Å²) in [5.41, 5.74) is 9.06. The second-order valence-corrected chi connectivity index (χ2v) is 10.9. The molecule has 0 saturated carbocycles. The van der Waals surface area contributed by atoms with Crippen LogP contribution in [0.15, 0.2) is 158 Å². The van der Waals surface area contributed by atoms with Crippen molar-refractivity contribution in [2.75, 3.05) is 0 Å². The largest absolute Gasteiger partial charge is 0.309 e. The van der Waals surface area contributed by atoms with E-state index in [-0.39, 0.29) is 0 Å². The molecule has 202 valence electrons. The third kappa shape index (κ3) is 3.53. The summed E-state index contributed by atoms with van der Waals surface area (Å²) in [5, 5.41) is 4.98. The molecule has 9 rings (SSSR count). The molecule has 0 aliphatic carbocycles. The summed E-state index contributed by atoms with van der Waals surface area (Å²) < 4.78 is 7.00. The lowest BCUT2D eigenvalue weighted by Crippen LogP contribution is -2.06. The first-order valence-corrected chi connectivity index (χ1v) is 14.6. The Morgan fingerprint density at radius 2 is 0.907 bits per heavy atom. The molecule has 0 fully saturated rings. The van der Waals surface area contributed by atoms with Crippen LogP contribution in [0.4, 0.5) is 0 Å². The molecule has 0 N–H and O–H groups in total. The Bertz CT molecular complexity index is 2350. The predicted molar refractivity (Wildman–Crippen MR) is 178 cm³/mol. The van der Waals surface area contributed by atoms with Crippen LogP contribution in [0.3, 0.4) is 0 Å². The number of hydrogen-bond donors (Lipinski definition) is 0. The minimum atomic E-state index is 0.905. The smallest absolute Gasteiger partial charge is 0.144 e. The zero-order valence-electron chi connectivity index (χ0n) is 23.3. The van der Waals surface area contributed by atoms with E-state index < -0.39 is 0 Å². The molecule has 0 unspecified atom stereocenters. The molecule has 4 nitrogen and oxygen atoms in total. The monoisotopic (exact) mass is 550 g/mol. The van der Waals surface area contributed by atoms with Gasteiger partial charge in [-0.1, -0.05) is 103 Å². The van der Waals surface area contributed by atoms with E-state index >= 15 is 0 Å². The van der Waals surface area contributed by atoms with Crippen molar-refractivity contribution < 1.29 is 0 Å². The lowest BCUT2D eigenvalue weighted by atomic mass is 10.1. The quantitative estimate of drug-likeness (QED) is 0.214. The zero-order chi connectivity index (χ0) is 28.3. The molecule has 0 atom stereocenters. The lowest BCUT2D eigenvalue weighted by Gasteiger charge is -2.19. The van der Waals surface area contributed by atoms with Gasteiger partial charge in [0, 0.05) is 45.2 Å². The molecule has 3 heterocycles. The number of rotatable bonds is 4. The summed E-state index contributed by atoms with van der Waals surface area (Å²) in [7, 11) is 0. The number of para-hydroxylation sites is 4. The fraction of sp³-hybridized carbons (Fsp3) is 0. The third-order valence-electron chi connectivity index (χ3n) is 8.55. The fourth-order valence-corrected chi connectivity index (χ4v) is 6.71. The summed E-state index contributed by atoms with van der Waals surface area (Å²) in [6.07, 6.45) is 3.97. The average Bonchev–Trinajstić information content (AvgIpc) is 3.78. The molecule has 0 radical (unpaired) electrons. The topological polar surface area (TPSA) is 27.7 Å². The van der Waals surface area contributed by atoms with Gasteiger partial charge >= 0.3 is 0 Å². The highest BCUT2D eigenvalue weighted by molar-refractivity contribution is 6.10. The predicted octanol–water partition coefficient (Wildman–Crippen LogP) is 9.73. The molecule has 4 heteroatoms. The molecule has 0 bridgehead atoms. The molecule has 9 aromatic rings. The number of hydrogen-bond acceptors (Lipinski definition) is 1. The lowest BCUT2D eigenvalue weighted by molar-refractivity contribution is 1.02. The second kappa shape index (κ2) is 9.33. The van der Waals surface area contributed by atoms with Crippen LogP contribution in [0.1, 0.15) is 0 Å². The highest BCUT2D eigenvalue weighted by Crippen LogP contribution is 2.38. The molecular formula is C39H26N4. The van der Waals surface area contributed by atoms with Crippen LogP contribution in [0, 0.1) is 0 Å². The van der Waals surface area contributed by atoms with Crippen LogP contribution in [-0.2, 0) is 0 Å². The van der Waals surface area contributed by atoms with Crippen molar-refractivity contribution in [1.82, 2.24) is 18.7 Å². The van der Waals surface area contributed by atoms with Gasteiger partial charge in [0.2, 0.25) is 0 Å². The number of fused-ring (bicyclic) bond motifs is 6. The second-order valence-electron chi connectivity index (χ2n) is 10.9. The van der Waals surface area contributed by atoms with Gasteiger partial charge in [-0.3, -0.25) is 4.57 Å². The van der Waals surface area contributed by atoms with Crippen molar-refractivity contribution in [1.29, 1.82) is 0 Å². The van der Waals surface area contributed by atoms with Crippen molar-refractivity contribution in [3.05, 3.63) is 158 Å². The normalized spacial score (nSPS) is 11.7. The Balaban J connectivity index is 1.39. The molecule has 0 saturated heterocycles. The SMILES string of the molecule is c1ccc(-c2nccn2-c2cc(-n3c4ccccc4c4ccccc43)ccc2-n2c3ccccc3c3ccccc32)cc1. The van der Waals surface area contributed by atoms with Crippen molar-refractivity contribution in [2.45, 2.75) is 0 Å². The van der Waals surface area contributed by atoms with Crippen LogP contribution < -0.4 is 0 Å².